The van der Waals surface area contributed by atoms with Crippen molar-refractivity contribution in [1.82, 2.24) is 15.3 Å². The number of para-hydroxylation sites is 1. The summed E-state index contributed by atoms with van der Waals surface area (Å²) >= 11 is 1.43. The van der Waals surface area contributed by atoms with Crippen LogP contribution in [0.1, 0.15) is 48.2 Å². The zero-order chi connectivity index (χ0) is 23.2. The molecule has 1 aliphatic carbocycles. The highest BCUT2D eigenvalue weighted by Gasteiger charge is 2.23. The van der Waals surface area contributed by atoms with Crippen LogP contribution in [0.25, 0.3) is 10.9 Å². The number of hydrogen-bond donors (Lipinski definition) is 2. The Balaban J connectivity index is 1.22. The molecule has 174 valence electrons. The Labute approximate surface area is 198 Å². The molecule has 2 aromatic heterocycles. The van der Waals surface area contributed by atoms with Gasteiger partial charge in [-0.3, -0.25) is 9.59 Å². The van der Waals surface area contributed by atoms with Gasteiger partial charge in [0.1, 0.15) is 5.82 Å². The monoisotopic (exact) mass is 465 g/mol. The van der Waals surface area contributed by atoms with E-state index in [1.807, 2.05) is 60.8 Å². The molecule has 4 rings (SSSR count). The number of anilines is 2. The molecule has 1 fully saturated rings. The number of carbonyl (C=O) groups excluding carboxylic acids is 2. The summed E-state index contributed by atoms with van der Waals surface area (Å²) in [7, 11) is 3.98. The molecule has 0 unspecified atom stereocenters. The normalized spacial score (nSPS) is 18.1. The van der Waals surface area contributed by atoms with Crippen molar-refractivity contribution >= 4 is 45.7 Å². The maximum absolute atomic E-state index is 12.3. The van der Waals surface area contributed by atoms with Crippen LogP contribution in [0.4, 0.5) is 11.8 Å². The van der Waals surface area contributed by atoms with E-state index >= 15 is 0 Å². The van der Waals surface area contributed by atoms with Gasteiger partial charge in [0.2, 0.25) is 11.9 Å². The lowest BCUT2D eigenvalue weighted by molar-refractivity contribution is -0.122. The molecule has 3 aromatic rings. The van der Waals surface area contributed by atoms with Crippen LogP contribution >= 0.6 is 11.3 Å². The summed E-state index contributed by atoms with van der Waals surface area (Å²) in [5.41, 5.74) is 0.933. The summed E-state index contributed by atoms with van der Waals surface area (Å²) in [4.78, 5) is 36.5. The van der Waals surface area contributed by atoms with Gasteiger partial charge in [0, 0.05) is 44.9 Å². The van der Waals surface area contributed by atoms with Crippen molar-refractivity contribution in [1.29, 1.82) is 0 Å². The minimum absolute atomic E-state index is 0.0257. The number of carbonyl (C=O) groups is 2. The molecule has 0 aliphatic heterocycles. The fourth-order valence-corrected chi connectivity index (χ4v) is 5.01. The highest BCUT2D eigenvalue weighted by molar-refractivity contribution is 7.12. The predicted molar refractivity (Wildman–Crippen MR) is 134 cm³/mol. The van der Waals surface area contributed by atoms with Crippen LogP contribution < -0.4 is 15.5 Å². The van der Waals surface area contributed by atoms with Crippen LogP contribution in [0.5, 0.6) is 0 Å². The molecule has 0 radical (unpaired) electrons. The molecule has 0 bridgehead atoms. The van der Waals surface area contributed by atoms with Crippen molar-refractivity contribution in [2.45, 2.75) is 44.6 Å². The Morgan fingerprint density at radius 2 is 1.82 bits per heavy atom. The highest BCUT2D eigenvalue weighted by atomic mass is 32.1. The molecule has 1 aromatic carbocycles. The van der Waals surface area contributed by atoms with Gasteiger partial charge in [-0.2, -0.15) is 4.98 Å². The van der Waals surface area contributed by atoms with Crippen LogP contribution in [0, 0.1) is 5.92 Å². The summed E-state index contributed by atoms with van der Waals surface area (Å²) in [6, 6.07) is 11.9. The molecule has 2 N–H and O–H groups in total. The quantitative estimate of drug-likeness (QED) is 0.452. The minimum atomic E-state index is -0.0257. The Morgan fingerprint density at radius 3 is 2.55 bits per heavy atom. The second-order valence-electron chi connectivity index (χ2n) is 8.85. The lowest BCUT2D eigenvalue weighted by Gasteiger charge is -2.29. The fraction of sp³-hybridized carbons (Fsp3) is 0.440. The number of hydrogen-bond acceptors (Lipinski definition) is 7. The van der Waals surface area contributed by atoms with Crippen molar-refractivity contribution in [3.63, 3.8) is 0 Å². The van der Waals surface area contributed by atoms with Gasteiger partial charge in [0.25, 0.3) is 0 Å². The van der Waals surface area contributed by atoms with Crippen molar-refractivity contribution in [3.8, 4) is 0 Å². The minimum Gasteiger partial charge on any atom is -0.362 e. The van der Waals surface area contributed by atoms with Crippen molar-refractivity contribution in [2.75, 3.05) is 30.9 Å². The summed E-state index contributed by atoms with van der Waals surface area (Å²) in [5.74, 6) is 2.11. The summed E-state index contributed by atoms with van der Waals surface area (Å²) in [5, 5.41) is 9.47. The summed E-state index contributed by atoms with van der Waals surface area (Å²) < 4.78 is 0. The zero-order valence-electron chi connectivity index (χ0n) is 19.2. The maximum Gasteiger partial charge on any atom is 0.225 e. The Bertz CT molecular complexity index is 1090. The molecule has 1 saturated carbocycles. The third kappa shape index (κ3) is 6.07. The van der Waals surface area contributed by atoms with Crippen LogP contribution in [-0.2, 0) is 4.79 Å². The van der Waals surface area contributed by atoms with Gasteiger partial charge in [0.05, 0.1) is 10.4 Å². The van der Waals surface area contributed by atoms with Gasteiger partial charge in [-0.15, -0.1) is 11.3 Å². The fourth-order valence-electron chi connectivity index (χ4n) is 4.31. The maximum atomic E-state index is 12.3. The molecule has 0 atom stereocenters. The molecule has 7 nitrogen and oxygen atoms in total. The Hall–Kier alpha value is -3.00. The van der Waals surface area contributed by atoms with E-state index in [-0.39, 0.29) is 30.6 Å². The summed E-state index contributed by atoms with van der Waals surface area (Å²) in [6.45, 7) is 0.821. The van der Waals surface area contributed by atoms with Crippen molar-refractivity contribution in [3.05, 3.63) is 46.7 Å². The van der Waals surface area contributed by atoms with E-state index < -0.39 is 0 Å². The topological polar surface area (TPSA) is 87.2 Å². The summed E-state index contributed by atoms with van der Waals surface area (Å²) in [6.07, 6.45) is 4.52. The average molecular weight is 466 g/mol. The van der Waals surface area contributed by atoms with Crippen LogP contribution in [0.3, 0.4) is 0 Å². The molecule has 8 heteroatoms. The Morgan fingerprint density at radius 1 is 1.03 bits per heavy atom. The molecule has 2 heterocycles. The molecule has 1 aliphatic rings. The second-order valence-corrected chi connectivity index (χ2v) is 9.80. The third-order valence-corrected chi connectivity index (χ3v) is 7.05. The van der Waals surface area contributed by atoms with E-state index in [1.54, 1.807) is 0 Å². The Kier molecular flexibility index (Phi) is 7.54. The number of thiophene rings is 1. The van der Waals surface area contributed by atoms with E-state index in [0.717, 1.165) is 53.8 Å². The van der Waals surface area contributed by atoms with Crippen LogP contribution in [0.2, 0.25) is 0 Å². The highest BCUT2D eigenvalue weighted by Crippen LogP contribution is 2.27. The van der Waals surface area contributed by atoms with Crippen molar-refractivity contribution < 1.29 is 9.59 Å². The molecule has 33 heavy (non-hydrogen) atoms. The lowest BCUT2D eigenvalue weighted by Crippen LogP contribution is -2.38. The molecular formula is C25H31N5O2S. The second kappa shape index (κ2) is 10.7. The van der Waals surface area contributed by atoms with Gasteiger partial charge in [-0.25, -0.2) is 4.98 Å². The first kappa shape index (κ1) is 23.2. The standard InChI is InChI=1S/C25H31N5O2S/c1-30(2)24-19-6-3-4-7-20(19)28-25(29-24)26-16-17-9-11-18(12-10-17)27-23(32)14-13-21(31)22-8-5-15-33-22/h3-8,15,17-18H,9-14,16H2,1-2H3,(H,27,32)(H,26,28,29). The number of amides is 1. The van der Waals surface area contributed by atoms with Gasteiger partial charge in [-0.1, -0.05) is 18.2 Å². The molecule has 0 saturated heterocycles. The van der Waals surface area contributed by atoms with Gasteiger partial charge < -0.3 is 15.5 Å². The average Bonchev–Trinajstić information content (AvgIpc) is 3.37. The zero-order valence-corrected chi connectivity index (χ0v) is 20.0. The number of Topliss-reactive ketones (excluding diaryl/α,β-unsaturated/α-hetero) is 1. The first-order valence-corrected chi connectivity index (χ1v) is 12.4. The van der Waals surface area contributed by atoms with E-state index in [1.165, 1.54) is 11.3 Å². The molecule has 0 spiro atoms. The predicted octanol–water partition coefficient (Wildman–Crippen LogP) is 4.51. The number of benzene rings is 1. The lowest BCUT2D eigenvalue weighted by atomic mass is 9.86. The van der Waals surface area contributed by atoms with Gasteiger partial charge >= 0.3 is 0 Å². The largest absolute Gasteiger partial charge is 0.362 e. The van der Waals surface area contributed by atoms with Gasteiger partial charge in [-0.05, 0) is 55.2 Å². The van der Waals surface area contributed by atoms with Gasteiger partial charge in [0.15, 0.2) is 5.78 Å². The third-order valence-electron chi connectivity index (χ3n) is 6.14. The number of fused-ring (bicyclic) bond motifs is 1. The number of rotatable bonds is 9. The number of nitrogens with zero attached hydrogens (tertiary/aromatic N) is 3. The van der Waals surface area contributed by atoms with E-state index in [9.17, 15) is 9.59 Å². The van der Waals surface area contributed by atoms with Crippen molar-refractivity contribution in [2.24, 2.45) is 5.92 Å². The smallest absolute Gasteiger partial charge is 0.225 e. The van der Waals surface area contributed by atoms with E-state index in [2.05, 4.69) is 15.6 Å². The number of nitrogens with one attached hydrogen (secondary N) is 2. The van der Waals surface area contributed by atoms with E-state index in [4.69, 9.17) is 4.98 Å². The van der Waals surface area contributed by atoms with E-state index in [0.29, 0.717) is 11.9 Å². The first-order chi connectivity index (χ1) is 16.0. The van der Waals surface area contributed by atoms with Crippen LogP contribution in [-0.4, -0.2) is 48.3 Å². The van der Waals surface area contributed by atoms with Crippen LogP contribution in [0.15, 0.2) is 41.8 Å². The number of ketones is 1. The molecular weight excluding hydrogens is 434 g/mol. The first-order valence-electron chi connectivity index (χ1n) is 11.5. The molecule has 1 amide bonds. The number of aromatic nitrogens is 2. The SMILES string of the molecule is CN(C)c1nc(NCC2CCC(NC(=O)CCC(=O)c3cccs3)CC2)nc2ccccc12.